The van der Waals surface area contributed by atoms with Crippen LogP contribution in [-0.4, -0.2) is 47.2 Å². The maximum absolute atomic E-state index is 13.2. The standard InChI is InChI=1S/C24H30F3N3O4/c1-14(2)18(22(32)24(25,26)27)12-20(31)21(16-6-8-17(34-3)9-7-16)30-23(33)19(28)11-15-5-4-10-29-13-15/h4-10,13-14,18-19,21-22,32H,11-12,28H2,1-3H3,(H,30,33)/t18-,19-,21-,22-/m0/s1. The van der Waals surface area contributed by atoms with E-state index >= 15 is 0 Å². The summed E-state index contributed by atoms with van der Waals surface area (Å²) in [5.41, 5.74) is 7.09. The summed E-state index contributed by atoms with van der Waals surface area (Å²) in [6.45, 7) is 3.00. The van der Waals surface area contributed by atoms with Crippen molar-refractivity contribution in [1.82, 2.24) is 10.3 Å². The predicted octanol–water partition coefficient (Wildman–Crippen LogP) is 2.97. The molecule has 2 rings (SSSR count). The number of halogens is 3. The highest BCUT2D eigenvalue weighted by atomic mass is 19.4. The molecule has 7 nitrogen and oxygen atoms in total. The van der Waals surface area contributed by atoms with E-state index in [1.807, 2.05) is 0 Å². The van der Waals surface area contributed by atoms with Crippen molar-refractivity contribution in [3.8, 4) is 5.75 Å². The van der Waals surface area contributed by atoms with Crippen molar-refractivity contribution in [2.75, 3.05) is 7.11 Å². The highest BCUT2D eigenvalue weighted by Gasteiger charge is 2.45. The number of amides is 1. The minimum absolute atomic E-state index is 0.157. The Morgan fingerprint density at radius 3 is 2.32 bits per heavy atom. The molecule has 0 fully saturated rings. The Labute approximate surface area is 196 Å². The summed E-state index contributed by atoms with van der Waals surface area (Å²) in [6, 6.07) is 7.40. The van der Waals surface area contributed by atoms with Crippen LogP contribution in [0.15, 0.2) is 48.8 Å². The van der Waals surface area contributed by atoms with Crippen molar-refractivity contribution in [2.24, 2.45) is 17.6 Å². The number of carbonyl (C=O) groups excluding carboxylic acids is 2. The van der Waals surface area contributed by atoms with E-state index in [1.165, 1.54) is 21.0 Å². The number of ether oxygens (including phenoxy) is 1. The number of nitrogens with one attached hydrogen (secondary N) is 1. The Kier molecular flexibility index (Phi) is 9.57. The lowest BCUT2D eigenvalue weighted by molar-refractivity contribution is -0.224. The third kappa shape index (κ3) is 7.53. The molecule has 10 heteroatoms. The van der Waals surface area contributed by atoms with Gasteiger partial charge in [-0.2, -0.15) is 13.2 Å². The first kappa shape index (κ1) is 27.3. The Morgan fingerprint density at radius 1 is 1.18 bits per heavy atom. The number of rotatable bonds is 11. The van der Waals surface area contributed by atoms with Crippen molar-refractivity contribution in [1.29, 1.82) is 0 Å². The van der Waals surface area contributed by atoms with Crippen molar-refractivity contribution in [2.45, 2.75) is 51.1 Å². The van der Waals surface area contributed by atoms with Gasteiger partial charge in [0.05, 0.1) is 13.2 Å². The van der Waals surface area contributed by atoms with Gasteiger partial charge in [0.2, 0.25) is 5.91 Å². The second-order valence-electron chi connectivity index (χ2n) is 8.45. The highest BCUT2D eigenvalue weighted by molar-refractivity contribution is 5.92. The quantitative estimate of drug-likeness (QED) is 0.455. The van der Waals surface area contributed by atoms with E-state index < -0.39 is 54.3 Å². The SMILES string of the molecule is COc1ccc([C@H](NC(=O)[C@@H](N)Cc2cccnc2)C(=O)C[C@@H](C(C)C)[C@H](O)C(F)(F)F)cc1. The fourth-order valence-electron chi connectivity index (χ4n) is 3.57. The maximum Gasteiger partial charge on any atom is 0.414 e. The molecule has 1 heterocycles. The van der Waals surface area contributed by atoms with Crippen LogP contribution < -0.4 is 15.8 Å². The average molecular weight is 482 g/mol. The number of methoxy groups -OCH3 is 1. The first-order chi connectivity index (χ1) is 15.9. The number of ketones is 1. The Morgan fingerprint density at radius 2 is 1.82 bits per heavy atom. The van der Waals surface area contributed by atoms with Crippen LogP contribution in [0.1, 0.15) is 37.4 Å². The molecule has 0 bridgehead atoms. The number of nitrogens with two attached hydrogens (primary N) is 1. The number of alkyl halides is 3. The van der Waals surface area contributed by atoms with Gasteiger partial charge in [0, 0.05) is 24.7 Å². The number of aliphatic hydroxyl groups is 1. The molecule has 34 heavy (non-hydrogen) atoms. The molecule has 0 aliphatic rings. The summed E-state index contributed by atoms with van der Waals surface area (Å²) in [4.78, 5) is 30.0. The summed E-state index contributed by atoms with van der Waals surface area (Å²) in [7, 11) is 1.46. The number of hydrogen-bond acceptors (Lipinski definition) is 6. The van der Waals surface area contributed by atoms with Gasteiger partial charge in [0.15, 0.2) is 11.9 Å². The first-order valence-corrected chi connectivity index (χ1v) is 10.8. The zero-order valence-electron chi connectivity index (χ0n) is 19.3. The normalized spacial score (nSPS) is 15.3. The molecule has 0 saturated carbocycles. The van der Waals surface area contributed by atoms with E-state index in [9.17, 15) is 27.9 Å². The third-order valence-corrected chi connectivity index (χ3v) is 5.61. The molecule has 0 aliphatic carbocycles. The molecule has 1 aromatic heterocycles. The van der Waals surface area contributed by atoms with Crippen molar-refractivity contribution in [3.63, 3.8) is 0 Å². The number of benzene rings is 1. The molecule has 4 N–H and O–H groups in total. The van der Waals surface area contributed by atoms with Gasteiger partial charge in [-0.05, 0) is 41.7 Å². The van der Waals surface area contributed by atoms with Gasteiger partial charge in [-0.25, -0.2) is 0 Å². The molecule has 0 unspecified atom stereocenters. The fraction of sp³-hybridized carbons (Fsp3) is 0.458. The molecule has 4 atom stereocenters. The second-order valence-corrected chi connectivity index (χ2v) is 8.45. The van der Waals surface area contributed by atoms with E-state index in [1.54, 1.807) is 48.8 Å². The number of aromatic nitrogens is 1. The summed E-state index contributed by atoms with van der Waals surface area (Å²) in [5.74, 6) is -2.83. The lowest BCUT2D eigenvalue weighted by atomic mass is 9.83. The topological polar surface area (TPSA) is 115 Å². The molecule has 186 valence electrons. The van der Waals surface area contributed by atoms with Crippen LogP contribution >= 0.6 is 0 Å². The van der Waals surface area contributed by atoms with Gasteiger partial charge in [0.25, 0.3) is 0 Å². The molecule has 0 aliphatic heterocycles. The van der Waals surface area contributed by atoms with E-state index in [0.717, 1.165) is 0 Å². The lowest BCUT2D eigenvalue weighted by Crippen LogP contribution is -2.46. The molecule has 0 radical (unpaired) electrons. The Hall–Kier alpha value is -2.98. The van der Waals surface area contributed by atoms with Crippen molar-refractivity contribution < 1.29 is 32.6 Å². The smallest absolute Gasteiger partial charge is 0.414 e. The number of carbonyl (C=O) groups is 2. The van der Waals surface area contributed by atoms with E-state index in [4.69, 9.17) is 10.5 Å². The van der Waals surface area contributed by atoms with E-state index in [2.05, 4.69) is 10.3 Å². The highest BCUT2D eigenvalue weighted by Crippen LogP contribution is 2.33. The number of pyridine rings is 1. The third-order valence-electron chi connectivity index (χ3n) is 5.61. The minimum atomic E-state index is -4.87. The molecule has 0 saturated heterocycles. The lowest BCUT2D eigenvalue weighted by Gasteiger charge is -2.29. The summed E-state index contributed by atoms with van der Waals surface area (Å²) in [6.07, 6.45) is -4.84. The van der Waals surface area contributed by atoms with Crippen molar-refractivity contribution >= 4 is 11.7 Å². The van der Waals surface area contributed by atoms with Gasteiger partial charge < -0.3 is 20.9 Å². The monoisotopic (exact) mass is 481 g/mol. The van der Waals surface area contributed by atoms with Gasteiger partial charge in [-0.1, -0.05) is 32.0 Å². The largest absolute Gasteiger partial charge is 0.497 e. The summed E-state index contributed by atoms with van der Waals surface area (Å²) in [5, 5.41) is 12.4. The van der Waals surface area contributed by atoms with E-state index in [-0.39, 0.29) is 6.42 Å². The van der Waals surface area contributed by atoms with Crippen LogP contribution in [0, 0.1) is 11.8 Å². The number of nitrogens with zero attached hydrogens (tertiary/aromatic N) is 1. The fourth-order valence-corrected chi connectivity index (χ4v) is 3.57. The van der Waals surface area contributed by atoms with Crippen molar-refractivity contribution in [3.05, 3.63) is 59.9 Å². The summed E-state index contributed by atoms with van der Waals surface area (Å²) >= 11 is 0. The van der Waals surface area contributed by atoms with Gasteiger partial charge in [-0.3, -0.25) is 14.6 Å². The number of Topliss-reactive ketones (excluding diaryl/α,β-unsaturated/α-hetero) is 1. The molecule has 2 aromatic rings. The van der Waals surface area contributed by atoms with Crippen LogP contribution in [0.2, 0.25) is 0 Å². The predicted molar refractivity (Wildman–Crippen MR) is 120 cm³/mol. The molecular formula is C24H30F3N3O4. The average Bonchev–Trinajstić information content (AvgIpc) is 2.80. The Bertz CT molecular complexity index is 937. The zero-order valence-corrected chi connectivity index (χ0v) is 19.3. The molecule has 1 aromatic carbocycles. The first-order valence-electron chi connectivity index (χ1n) is 10.8. The minimum Gasteiger partial charge on any atom is -0.497 e. The molecular weight excluding hydrogens is 451 g/mol. The molecule has 1 amide bonds. The summed E-state index contributed by atoms with van der Waals surface area (Å²) < 4.78 is 44.6. The van der Waals surface area contributed by atoms with E-state index in [0.29, 0.717) is 16.9 Å². The van der Waals surface area contributed by atoms with Gasteiger partial charge in [-0.15, -0.1) is 0 Å². The zero-order chi connectivity index (χ0) is 25.5. The van der Waals surface area contributed by atoms with Crippen LogP contribution in [-0.2, 0) is 16.0 Å². The van der Waals surface area contributed by atoms with Gasteiger partial charge in [0.1, 0.15) is 11.8 Å². The van der Waals surface area contributed by atoms with Crippen LogP contribution in [0.3, 0.4) is 0 Å². The second kappa shape index (κ2) is 11.9. The van der Waals surface area contributed by atoms with Crippen LogP contribution in [0.5, 0.6) is 5.75 Å². The maximum atomic E-state index is 13.2. The molecule has 0 spiro atoms. The van der Waals surface area contributed by atoms with Crippen LogP contribution in [0.25, 0.3) is 0 Å². The van der Waals surface area contributed by atoms with Gasteiger partial charge >= 0.3 is 6.18 Å². The van der Waals surface area contributed by atoms with Crippen LogP contribution in [0.4, 0.5) is 13.2 Å². The Balaban J connectivity index is 2.27. The number of hydrogen-bond donors (Lipinski definition) is 3. The number of aliphatic hydroxyl groups excluding tert-OH is 1.